The second-order valence-corrected chi connectivity index (χ2v) is 6.80. The van der Waals surface area contributed by atoms with E-state index in [-0.39, 0.29) is 0 Å². The largest absolute Gasteiger partial charge is 0.497 e. The van der Waals surface area contributed by atoms with Crippen molar-refractivity contribution < 1.29 is 4.74 Å². The molecule has 4 rings (SSSR count). The summed E-state index contributed by atoms with van der Waals surface area (Å²) in [6.07, 6.45) is 3.98. The molecule has 0 bridgehead atoms. The predicted molar refractivity (Wildman–Crippen MR) is 91.5 cm³/mol. The molecular formula is C18H19N3OS. The average molecular weight is 325 g/mol. The van der Waals surface area contributed by atoms with Crippen LogP contribution in [0.25, 0.3) is 0 Å². The third-order valence-corrected chi connectivity index (χ3v) is 5.26. The van der Waals surface area contributed by atoms with Gasteiger partial charge in [0.2, 0.25) is 0 Å². The highest BCUT2D eigenvalue weighted by Gasteiger charge is 2.28. The molecule has 0 N–H and O–H groups in total. The van der Waals surface area contributed by atoms with Crippen molar-refractivity contribution in [3.8, 4) is 5.75 Å². The fourth-order valence-corrected chi connectivity index (χ4v) is 3.89. The van der Waals surface area contributed by atoms with E-state index < -0.39 is 0 Å². The molecule has 0 saturated heterocycles. The average Bonchev–Trinajstić information content (AvgIpc) is 3.25. The Hall–Kier alpha value is -2.11. The molecule has 1 atom stereocenters. The normalized spacial score (nSPS) is 17.9. The van der Waals surface area contributed by atoms with Crippen molar-refractivity contribution in [2.45, 2.75) is 25.7 Å². The standard InChI is InChI=1S/C18H19N3OS/c1-22-15-6-4-14(5-7-15)17-12-20-9-8-19-18(20)13-21(17)11-16-3-2-10-23-16/h2-10,17H,11-13H2,1H3. The number of rotatable bonds is 4. The predicted octanol–water partition coefficient (Wildman–Crippen LogP) is 3.71. The molecule has 1 aliphatic rings. The number of nitrogens with zero attached hydrogens (tertiary/aromatic N) is 3. The van der Waals surface area contributed by atoms with Crippen LogP contribution in [0.5, 0.6) is 5.75 Å². The molecule has 5 heteroatoms. The van der Waals surface area contributed by atoms with Gasteiger partial charge in [0, 0.05) is 30.4 Å². The van der Waals surface area contributed by atoms with Crippen LogP contribution in [0, 0.1) is 0 Å². The Morgan fingerprint density at radius 2 is 2.13 bits per heavy atom. The molecule has 118 valence electrons. The third kappa shape index (κ3) is 2.90. The van der Waals surface area contributed by atoms with Crippen molar-refractivity contribution in [1.82, 2.24) is 14.5 Å². The zero-order valence-electron chi connectivity index (χ0n) is 13.1. The maximum atomic E-state index is 5.29. The fourth-order valence-electron chi connectivity index (χ4n) is 3.16. The maximum absolute atomic E-state index is 5.29. The lowest BCUT2D eigenvalue weighted by Gasteiger charge is -2.36. The molecular weight excluding hydrogens is 306 g/mol. The first kappa shape index (κ1) is 14.5. The zero-order chi connectivity index (χ0) is 15.6. The van der Waals surface area contributed by atoms with Crippen LogP contribution in [0.15, 0.2) is 54.2 Å². The first-order chi connectivity index (χ1) is 11.3. The lowest BCUT2D eigenvalue weighted by Crippen LogP contribution is -2.36. The summed E-state index contributed by atoms with van der Waals surface area (Å²) < 4.78 is 7.55. The van der Waals surface area contributed by atoms with E-state index in [1.54, 1.807) is 7.11 Å². The maximum Gasteiger partial charge on any atom is 0.122 e. The van der Waals surface area contributed by atoms with E-state index >= 15 is 0 Å². The van der Waals surface area contributed by atoms with Crippen molar-refractivity contribution in [3.63, 3.8) is 0 Å². The summed E-state index contributed by atoms with van der Waals surface area (Å²) in [6, 6.07) is 13.1. The van der Waals surface area contributed by atoms with Gasteiger partial charge in [0.25, 0.3) is 0 Å². The highest BCUT2D eigenvalue weighted by molar-refractivity contribution is 7.09. The van der Waals surface area contributed by atoms with Crippen molar-refractivity contribution in [2.24, 2.45) is 0 Å². The molecule has 0 saturated carbocycles. The fraction of sp³-hybridized carbons (Fsp3) is 0.278. The Morgan fingerprint density at radius 3 is 2.87 bits per heavy atom. The van der Waals surface area contributed by atoms with Gasteiger partial charge in [0.1, 0.15) is 11.6 Å². The van der Waals surface area contributed by atoms with E-state index in [4.69, 9.17) is 4.74 Å². The van der Waals surface area contributed by atoms with Gasteiger partial charge in [-0.05, 0) is 29.1 Å². The van der Waals surface area contributed by atoms with Gasteiger partial charge in [-0.1, -0.05) is 18.2 Å². The van der Waals surface area contributed by atoms with E-state index in [9.17, 15) is 0 Å². The number of hydrogen-bond acceptors (Lipinski definition) is 4. The molecule has 1 aromatic carbocycles. The van der Waals surface area contributed by atoms with Gasteiger partial charge in [0.15, 0.2) is 0 Å². The van der Waals surface area contributed by atoms with E-state index in [2.05, 4.69) is 50.3 Å². The molecule has 0 radical (unpaired) electrons. The quantitative estimate of drug-likeness (QED) is 0.732. The lowest BCUT2D eigenvalue weighted by molar-refractivity contribution is 0.129. The molecule has 1 unspecified atom stereocenters. The van der Waals surface area contributed by atoms with Gasteiger partial charge in [-0.3, -0.25) is 4.90 Å². The van der Waals surface area contributed by atoms with Gasteiger partial charge in [-0.15, -0.1) is 11.3 Å². The number of imidazole rings is 1. The minimum absolute atomic E-state index is 0.352. The zero-order valence-corrected chi connectivity index (χ0v) is 13.9. The summed E-state index contributed by atoms with van der Waals surface area (Å²) >= 11 is 1.81. The first-order valence-electron chi connectivity index (χ1n) is 7.74. The second kappa shape index (κ2) is 6.18. The number of fused-ring (bicyclic) bond motifs is 1. The van der Waals surface area contributed by atoms with Gasteiger partial charge in [0.05, 0.1) is 19.7 Å². The minimum Gasteiger partial charge on any atom is -0.497 e. The summed E-state index contributed by atoms with van der Waals surface area (Å²) in [5.74, 6) is 2.05. The molecule has 0 fully saturated rings. The smallest absolute Gasteiger partial charge is 0.122 e. The Kier molecular flexibility index (Phi) is 3.89. The summed E-state index contributed by atoms with van der Waals surface area (Å²) in [7, 11) is 1.70. The molecule has 4 nitrogen and oxygen atoms in total. The van der Waals surface area contributed by atoms with Crippen LogP contribution >= 0.6 is 11.3 Å². The molecule has 0 aliphatic carbocycles. The van der Waals surface area contributed by atoms with Crippen LogP contribution in [0.1, 0.15) is 22.3 Å². The number of benzene rings is 1. The van der Waals surface area contributed by atoms with E-state index in [0.29, 0.717) is 6.04 Å². The monoisotopic (exact) mass is 325 g/mol. The molecule has 23 heavy (non-hydrogen) atoms. The Morgan fingerprint density at radius 1 is 1.26 bits per heavy atom. The molecule has 0 spiro atoms. The van der Waals surface area contributed by atoms with Crippen LogP contribution in [-0.2, 0) is 19.6 Å². The summed E-state index contributed by atoms with van der Waals surface area (Å²) in [4.78, 5) is 8.40. The molecule has 2 aromatic heterocycles. The van der Waals surface area contributed by atoms with Gasteiger partial charge >= 0.3 is 0 Å². The highest BCUT2D eigenvalue weighted by Crippen LogP contribution is 2.32. The van der Waals surface area contributed by atoms with E-state index in [1.807, 2.05) is 29.7 Å². The van der Waals surface area contributed by atoms with Crippen LogP contribution in [0.4, 0.5) is 0 Å². The number of ether oxygens (including phenoxy) is 1. The first-order valence-corrected chi connectivity index (χ1v) is 8.62. The van der Waals surface area contributed by atoms with Gasteiger partial charge < -0.3 is 9.30 Å². The number of aromatic nitrogens is 2. The summed E-state index contributed by atoms with van der Waals surface area (Å²) in [5, 5.41) is 2.14. The van der Waals surface area contributed by atoms with Crippen molar-refractivity contribution in [2.75, 3.05) is 7.11 Å². The van der Waals surface area contributed by atoms with Crippen LogP contribution in [0.3, 0.4) is 0 Å². The van der Waals surface area contributed by atoms with Crippen LogP contribution < -0.4 is 4.74 Å². The Balaban J connectivity index is 1.65. The van der Waals surface area contributed by atoms with Crippen molar-refractivity contribution in [3.05, 3.63) is 70.4 Å². The number of methoxy groups -OCH3 is 1. The molecule has 0 amide bonds. The van der Waals surface area contributed by atoms with Crippen LogP contribution in [0.2, 0.25) is 0 Å². The SMILES string of the molecule is COc1ccc(C2Cn3ccnc3CN2Cc2cccs2)cc1. The molecule has 1 aliphatic heterocycles. The number of hydrogen-bond donors (Lipinski definition) is 0. The summed E-state index contributed by atoms with van der Waals surface area (Å²) in [5.41, 5.74) is 1.32. The van der Waals surface area contributed by atoms with Gasteiger partial charge in [-0.25, -0.2) is 4.98 Å². The van der Waals surface area contributed by atoms with E-state index in [1.165, 1.54) is 10.4 Å². The van der Waals surface area contributed by atoms with Crippen LogP contribution in [-0.4, -0.2) is 21.6 Å². The molecule has 3 aromatic rings. The third-order valence-electron chi connectivity index (χ3n) is 4.40. The number of thiophene rings is 1. The Labute approximate surface area is 140 Å². The highest BCUT2D eigenvalue weighted by atomic mass is 32.1. The topological polar surface area (TPSA) is 30.3 Å². The van der Waals surface area contributed by atoms with E-state index in [0.717, 1.165) is 31.2 Å². The van der Waals surface area contributed by atoms with Gasteiger partial charge in [-0.2, -0.15) is 0 Å². The van der Waals surface area contributed by atoms with Crippen molar-refractivity contribution >= 4 is 11.3 Å². The summed E-state index contributed by atoms with van der Waals surface area (Å²) in [6.45, 7) is 2.77. The lowest BCUT2D eigenvalue weighted by atomic mass is 10.0. The molecule has 3 heterocycles. The van der Waals surface area contributed by atoms with Crippen molar-refractivity contribution in [1.29, 1.82) is 0 Å². The Bertz CT molecular complexity index is 764. The minimum atomic E-state index is 0.352. The second-order valence-electron chi connectivity index (χ2n) is 5.77.